The van der Waals surface area contributed by atoms with Crippen LogP contribution in [0, 0.1) is 0 Å². The molecular formula is C22H21N5O3S. The fraction of sp³-hybridized carbons (Fsp3) is 0.273. The van der Waals surface area contributed by atoms with Gasteiger partial charge in [-0.1, -0.05) is 6.08 Å². The molecule has 4 aromatic rings. The van der Waals surface area contributed by atoms with E-state index in [2.05, 4.69) is 22.1 Å². The predicted octanol–water partition coefficient (Wildman–Crippen LogP) is 3.70. The molecule has 0 atom stereocenters. The lowest BCUT2D eigenvalue weighted by Crippen LogP contribution is -2.23. The maximum Gasteiger partial charge on any atom is 0.338 e. The van der Waals surface area contributed by atoms with Crippen LogP contribution in [0.5, 0.6) is 0 Å². The highest BCUT2D eigenvalue weighted by Gasteiger charge is 2.25. The lowest BCUT2D eigenvalue weighted by Gasteiger charge is -2.09. The number of ether oxygens (including phenoxy) is 1. The van der Waals surface area contributed by atoms with Crippen LogP contribution in [0.15, 0.2) is 41.7 Å². The summed E-state index contributed by atoms with van der Waals surface area (Å²) < 4.78 is 8.55. The van der Waals surface area contributed by atoms with Crippen molar-refractivity contribution in [3.63, 3.8) is 0 Å². The summed E-state index contributed by atoms with van der Waals surface area (Å²) in [6.07, 6.45) is 4.69. The lowest BCUT2D eigenvalue weighted by atomic mass is 10.2. The highest BCUT2D eigenvalue weighted by molar-refractivity contribution is 7.19. The number of rotatable bonds is 6. The highest BCUT2D eigenvalue weighted by Crippen LogP contribution is 2.37. The lowest BCUT2D eigenvalue weighted by molar-refractivity contribution is 0.0526. The molecule has 0 amide bonds. The van der Waals surface area contributed by atoms with Crippen LogP contribution in [-0.4, -0.2) is 31.7 Å². The number of carbonyl (C=O) groups is 1. The van der Waals surface area contributed by atoms with Crippen molar-refractivity contribution >= 4 is 44.9 Å². The molecule has 9 heteroatoms. The zero-order valence-corrected chi connectivity index (χ0v) is 17.9. The molecule has 1 aliphatic rings. The van der Waals surface area contributed by atoms with Gasteiger partial charge in [0.25, 0.3) is 5.56 Å². The van der Waals surface area contributed by atoms with Crippen molar-refractivity contribution in [2.45, 2.75) is 32.7 Å². The molecule has 0 radical (unpaired) electrons. The molecule has 5 rings (SSSR count). The maximum atomic E-state index is 13.3. The second kappa shape index (κ2) is 7.66. The third-order valence-corrected chi connectivity index (χ3v) is 6.69. The van der Waals surface area contributed by atoms with Crippen LogP contribution in [0.1, 0.15) is 34.1 Å². The maximum absolute atomic E-state index is 13.3. The number of fused-ring (bicyclic) bond motifs is 5. The van der Waals surface area contributed by atoms with Gasteiger partial charge in [-0.05, 0) is 56.0 Å². The van der Waals surface area contributed by atoms with Crippen molar-refractivity contribution in [1.29, 1.82) is 0 Å². The van der Waals surface area contributed by atoms with Crippen molar-refractivity contribution in [2.75, 3.05) is 11.9 Å². The van der Waals surface area contributed by atoms with Crippen molar-refractivity contribution < 1.29 is 9.53 Å². The minimum Gasteiger partial charge on any atom is -0.462 e. The van der Waals surface area contributed by atoms with E-state index in [1.165, 1.54) is 4.88 Å². The first-order valence-corrected chi connectivity index (χ1v) is 11.0. The predicted molar refractivity (Wildman–Crippen MR) is 121 cm³/mol. The van der Waals surface area contributed by atoms with Crippen molar-refractivity contribution in [2.24, 2.45) is 0 Å². The van der Waals surface area contributed by atoms with Crippen LogP contribution in [0.25, 0.3) is 16.0 Å². The van der Waals surface area contributed by atoms with E-state index in [-0.39, 0.29) is 11.5 Å². The molecule has 8 nitrogen and oxygen atoms in total. The number of aryl methyl sites for hydroxylation is 2. The van der Waals surface area contributed by atoms with Crippen LogP contribution in [0.3, 0.4) is 0 Å². The minimum absolute atomic E-state index is 0.0421. The Morgan fingerprint density at radius 3 is 2.84 bits per heavy atom. The van der Waals surface area contributed by atoms with Gasteiger partial charge >= 0.3 is 5.97 Å². The zero-order valence-electron chi connectivity index (χ0n) is 17.1. The molecule has 31 heavy (non-hydrogen) atoms. The number of nitrogens with zero attached hydrogens (tertiary/aromatic N) is 4. The number of aromatic nitrogens is 4. The molecule has 1 N–H and O–H groups in total. The molecule has 0 spiro atoms. The standard InChI is InChI=1S/C22H21N5O3S/c1-3-12-26-18(28)17-15-6-5-7-16(15)31-19(17)27-21(24-25-22(26)27)23-14-10-8-13(9-11-14)20(29)30-4-2/h3,8-11H,1,4-7,12H2,2H3,(H,23,24). The van der Waals surface area contributed by atoms with Gasteiger partial charge in [-0.2, -0.15) is 0 Å². The number of benzene rings is 1. The summed E-state index contributed by atoms with van der Waals surface area (Å²) >= 11 is 1.64. The third kappa shape index (κ3) is 3.12. The van der Waals surface area contributed by atoms with Crippen LogP contribution in [0.4, 0.5) is 11.6 Å². The third-order valence-electron chi connectivity index (χ3n) is 5.42. The number of carbonyl (C=O) groups excluding carboxylic acids is 1. The second-order valence-corrected chi connectivity index (χ2v) is 8.41. The molecule has 158 valence electrons. The normalized spacial score (nSPS) is 12.9. The summed E-state index contributed by atoms with van der Waals surface area (Å²) in [6, 6.07) is 6.98. The van der Waals surface area contributed by atoms with Crippen molar-refractivity contribution in [3.05, 3.63) is 63.3 Å². The van der Waals surface area contributed by atoms with E-state index in [1.54, 1.807) is 53.2 Å². The van der Waals surface area contributed by atoms with Gasteiger partial charge in [0.15, 0.2) is 0 Å². The Balaban J connectivity index is 1.63. The summed E-state index contributed by atoms with van der Waals surface area (Å²) in [6.45, 7) is 6.25. The largest absolute Gasteiger partial charge is 0.462 e. The second-order valence-electron chi connectivity index (χ2n) is 7.32. The summed E-state index contributed by atoms with van der Waals surface area (Å²) in [5, 5.41) is 12.6. The number of hydrogen-bond donors (Lipinski definition) is 1. The van der Waals surface area contributed by atoms with E-state index in [9.17, 15) is 9.59 Å². The van der Waals surface area contributed by atoms with Crippen LogP contribution < -0.4 is 10.9 Å². The van der Waals surface area contributed by atoms with Crippen LogP contribution in [-0.2, 0) is 24.1 Å². The average Bonchev–Trinajstić information content (AvgIpc) is 3.46. The molecule has 0 fully saturated rings. The Kier molecular flexibility index (Phi) is 4.82. The Labute approximate surface area is 181 Å². The number of esters is 1. The fourth-order valence-corrected chi connectivity index (χ4v) is 5.42. The Hall–Kier alpha value is -3.46. The van der Waals surface area contributed by atoms with E-state index >= 15 is 0 Å². The van der Waals surface area contributed by atoms with E-state index < -0.39 is 0 Å². The monoisotopic (exact) mass is 435 g/mol. The number of nitrogens with one attached hydrogen (secondary N) is 1. The van der Waals surface area contributed by atoms with Gasteiger partial charge in [-0.25, -0.2) is 9.20 Å². The fourth-order valence-electron chi connectivity index (χ4n) is 4.04. The van der Waals surface area contributed by atoms with Gasteiger partial charge in [0.1, 0.15) is 4.83 Å². The first-order valence-electron chi connectivity index (χ1n) is 10.2. The molecule has 1 aliphatic carbocycles. The zero-order chi connectivity index (χ0) is 21.5. The van der Waals surface area contributed by atoms with E-state index in [1.807, 2.05) is 4.40 Å². The molecule has 0 bridgehead atoms. The van der Waals surface area contributed by atoms with E-state index in [4.69, 9.17) is 4.74 Å². The summed E-state index contributed by atoms with van der Waals surface area (Å²) in [7, 11) is 0. The highest BCUT2D eigenvalue weighted by atomic mass is 32.1. The van der Waals surface area contributed by atoms with E-state index in [0.29, 0.717) is 30.4 Å². The first-order chi connectivity index (χ1) is 15.1. The first kappa shape index (κ1) is 19.5. The average molecular weight is 436 g/mol. The molecular weight excluding hydrogens is 414 g/mol. The quantitative estimate of drug-likeness (QED) is 0.367. The van der Waals surface area contributed by atoms with Gasteiger partial charge in [-0.3, -0.25) is 9.36 Å². The number of anilines is 2. The molecule has 3 aromatic heterocycles. The summed E-state index contributed by atoms with van der Waals surface area (Å²) in [5.41, 5.74) is 2.35. The van der Waals surface area contributed by atoms with Crippen LogP contribution in [0.2, 0.25) is 0 Å². The smallest absolute Gasteiger partial charge is 0.338 e. The minimum atomic E-state index is -0.356. The van der Waals surface area contributed by atoms with Gasteiger partial charge in [-0.15, -0.1) is 28.1 Å². The van der Waals surface area contributed by atoms with Gasteiger partial charge in [0, 0.05) is 17.1 Å². The molecule has 0 saturated heterocycles. The number of thiophene rings is 1. The Bertz CT molecular complexity index is 1380. The molecule has 3 heterocycles. The van der Waals surface area contributed by atoms with Gasteiger partial charge < -0.3 is 10.1 Å². The SMILES string of the molecule is C=CCn1c(=O)c2c3c(sc2n2c(Nc4ccc(C(=O)OCC)cc4)nnc12)CCC3. The van der Waals surface area contributed by atoms with Crippen molar-refractivity contribution in [3.8, 4) is 0 Å². The molecule has 0 aliphatic heterocycles. The van der Waals surface area contributed by atoms with Gasteiger partial charge in [0.2, 0.25) is 11.7 Å². The van der Waals surface area contributed by atoms with Crippen LogP contribution >= 0.6 is 11.3 Å². The van der Waals surface area contributed by atoms with Crippen molar-refractivity contribution in [1.82, 2.24) is 19.2 Å². The molecule has 0 saturated carbocycles. The topological polar surface area (TPSA) is 90.5 Å². The molecule has 0 unspecified atom stereocenters. The summed E-state index contributed by atoms with van der Waals surface area (Å²) in [5.74, 6) is 0.634. The Morgan fingerprint density at radius 2 is 2.10 bits per heavy atom. The Morgan fingerprint density at radius 1 is 1.29 bits per heavy atom. The summed E-state index contributed by atoms with van der Waals surface area (Å²) in [4.78, 5) is 27.3. The molecule has 1 aromatic carbocycles. The number of allylic oxidation sites excluding steroid dienone is 1. The number of hydrogen-bond acceptors (Lipinski definition) is 7. The van der Waals surface area contributed by atoms with E-state index in [0.717, 1.165) is 40.7 Å². The van der Waals surface area contributed by atoms with Gasteiger partial charge in [0.05, 0.1) is 17.6 Å².